The van der Waals surface area contributed by atoms with Gasteiger partial charge in [0.25, 0.3) is 0 Å². The summed E-state index contributed by atoms with van der Waals surface area (Å²) in [6, 6.07) is 0. The number of hydrogen-bond acceptors (Lipinski definition) is 5. The van der Waals surface area contributed by atoms with E-state index in [-0.39, 0.29) is 5.54 Å². The van der Waals surface area contributed by atoms with E-state index in [1.165, 1.54) is 32.5 Å². The highest BCUT2D eigenvalue weighted by molar-refractivity contribution is 5.05. The Balaban J connectivity index is 2.05. The second-order valence-corrected chi connectivity index (χ2v) is 6.17. The maximum Gasteiger partial charge on any atom is 0.0589 e. The molecule has 118 valence electrons. The van der Waals surface area contributed by atoms with Crippen molar-refractivity contribution < 1.29 is 9.47 Å². The van der Waals surface area contributed by atoms with Gasteiger partial charge in [-0.25, -0.2) is 0 Å². The molecule has 3 unspecified atom stereocenters. The van der Waals surface area contributed by atoms with Gasteiger partial charge in [0.05, 0.1) is 6.61 Å². The molecule has 20 heavy (non-hydrogen) atoms. The van der Waals surface area contributed by atoms with E-state index in [4.69, 9.17) is 15.2 Å². The molecule has 0 aromatic rings. The van der Waals surface area contributed by atoms with Crippen LogP contribution in [0.3, 0.4) is 0 Å². The first-order valence-corrected chi connectivity index (χ1v) is 7.92. The molecule has 3 atom stereocenters. The average molecular weight is 285 g/mol. The molecule has 5 heteroatoms. The van der Waals surface area contributed by atoms with Crippen molar-refractivity contribution in [1.82, 2.24) is 9.80 Å². The van der Waals surface area contributed by atoms with Gasteiger partial charge in [0.15, 0.2) is 0 Å². The van der Waals surface area contributed by atoms with E-state index < -0.39 is 0 Å². The zero-order valence-electron chi connectivity index (χ0n) is 13.1. The molecule has 2 N–H and O–H groups in total. The van der Waals surface area contributed by atoms with E-state index in [1.807, 2.05) is 0 Å². The normalized spacial score (nSPS) is 33.0. The van der Waals surface area contributed by atoms with Crippen molar-refractivity contribution in [2.45, 2.75) is 24.8 Å². The first kappa shape index (κ1) is 16.2. The van der Waals surface area contributed by atoms with E-state index >= 15 is 0 Å². The molecule has 0 spiro atoms. The quantitative estimate of drug-likeness (QED) is 0.621. The number of hydrogen-bond donors (Lipinski definition) is 1. The van der Waals surface area contributed by atoms with Crippen molar-refractivity contribution in [3.63, 3.8) is 0 Å². The monoisotopic (exact) mass is 285 g/mol. The fraction of sp³-hybridized carbons (Fsp3) is 1.00. The predicted molar refractivity (Wildman–Crippen MR) is 80.9 cm³/mol. The van der Waals surface area contributed by atoms with Crippen LogP contribution in [-0.4, -0.2) is 82.0 Å². The van der Waals surface area contributed by atoms with Gasteiger partial charge >= 0.3 is 0 Å². The molecule has 5 nitrogen and oxygen atoms in total. The van der Waals surface area contributed by atoms with E-state index in [9.17, 15) is 0 Å². The highest BCUT2D eigenvalue weighted by atomic mass is 16.5. The molecule has 2 fully saturated rings. The highest BCUT2D eigenvalue weighted by Crippen LogP contribution is 2.39. The Morgan fingerprint density at radius 2 is 2.00 bits per heavy atom. The molecule has 0 aromatic heterocycles. The standard InChI is InChI=1S/C15H31N3O2/c1-19-10-3-6-18(9-11-20-2)15(13-16)5-8-17-7-4-14(15)12-17/h14H,3-13,16H2,1-2H3. The number of rotatable bonds is 9. The van der Waals surface area contributed by atoms with Crippen LogP contribution in [0.1, 0.15) is 19.3 Å². The summed E-state index contributed by atoms with van der Waals surface area (Å²) >= 11 is 0. The summed E-state index contributed by atoms with van der Waals surface area (Å²) in [5.41, 5.74) is 6.45. The second-order valence-electron chi connectivity index (χ2n) is 6.17. The molecule has 2 saturated heterocycles. The molecule has 2 aliphatic heterocycles. The van der Waals surface area contributed by atoms with Crippen LogP contribution in [0.15, 0.2) is 0 Å². The number of nitrogens with two attached hydrogens (primary N) is 1. The maximum atomic E-state index is 6.27. The Kier molecular flexibility index (Phi) is 6.23. The molecule has 0 amide bonds. The number of fused-ring (bicyclic) bond motifs is 2. The number of nitrogens with zero attached hydrogens (tertiary/aromatic N) is 2. The molecule has 0 aromatic carbocycles. The second kappa shape index (κ2) is 7.71. The van der Waals surface area contributed by atoms with Gasteiger partial charge in [-0.1, -0.05) is 0 Å². The Hall–Kier alpha value is -0.200. The predicted octanol–water partition coefficient (Wildman–Crippen LogP) is 0.394. The van der Waals surface area contributed by atoms with Crippen LogP contribution in [0.25, 0.3) is 0 Å². The summed E-state index contributed by atoms with van der Waals surface area (Å²) in [7, 11) is 3.55. The summed E-state index contributed by atoms with van der Waals surface area (Å²) in [5, 5.41) is 0. The molecule has 2 rings (SSSR count). The molecule has 0 saturated carbocycles. The van der Waals surface area contributed by atoms with Crippen LogP contribution in [0, 0.1) is 5.92 Å². The molecule has 0 radical (unpaired) electrons. The summed E-state index contributed by atoms with van der Waals surface area (Å²) in [5.74, 6) is 0.723. The number of piperidine rings is 1. The SMILES string of the molecule is COCCCN(CCOC)C1(CN)CCN2CCC1C2. The topological polar surface area (TPSA) is 51.0 Å². The van der Waals surface area contributed by atoms with E-state index in [0.717, 1.165) is 45.2 Å². The van der Waals surface area contributed by atoms with Crippen LogP contribution >= 0.6 is 0 Å². The van der Waals surface area contributed by atoms with Gasteiger partial charge in [-0.2, -0.15) is 0 Å². The minimum atomic E-state index is 0.180. The van der Waals surface area contributed by atoms with Gasteiger partial charge in [0, 0.05) is 52.5 Å². The Bertz CT molecular complexity index is 290. The van der Waals surface area contributed by atoms with Crippen LogP contribution < -0.4 is 5.73 Å². The lowest BCUT2D eigenvalue weighted by Crippen LogP contribution is -2.63. The zero-order chi connectivity index (χ0) is 14.4. The van der Waals surface area contributed by atoms with Crippen molar-refractivity contribution in [2.24, 2.45) is 11.7 Å². The largest absolute Gasteiger partial charge is 0.385 e. The lowest BCUT2D eigenvalue weighted by atomic mass is 9.77. The maximum absolute atomic E-state index is 6.27. The fourth-order valence-electron chi connectivity index (χ4n) is 4.00. The molecule has 2 heterocycles. The van der Waals surface area contributed by atoms with Crippen molar-refractivity contribution in [3.8, 4) is 0 Å². The van der Waals surface area contributed by atoms with Gasteiger partial charge in [-0.3, -0.25) is 4.90 Å². The van der Waals surface area contributed by atoms with Crippen molar-refractivity contribution in [1.29, 1.82) is 0 Å². The van der Waals surface area contributed by atoms with E-state index in [2.05, 4.69) is 9.80 Å². The third-order valence-corrected chi connectivity index (χ3v) is 5.22. The van der Waals surface area contributed by atoms with Gasteiger partial charge < -0.3 is 20.1 Å². The average Bonchev–Trinajstić information content (AvgIpc) is 2.88. The van der Waals surface area contributed by atoms with Crippen LogP contribution in [0.4, 0.5) is 0 Å². The third-order valence-electron chi connectivity index (χ3n) is 5.22. The molecular weight excluding hydrogens is 254 g/mol. The number of methoxy groups -OCH3 is 2. The smallest absolute Gasteiger partial charge is 0.0589 e. The molecular formula is C15H31N3O2. The van der Waals surface area contributed by atoms with Crippen molar-refractivity contribution in [3.05, 3.63) is 0 Å². The van der Waals surface area contributed by atoms with Crippen molar-refractivity contribution in [2.75, 3.05) is 66.7 Å². The lowest BCUT2D eigenvalue weighted by molar-refractivity contribution is -0.0105. The number of ether oxygens (including phenoxy) is 2. The first-order valence-electron chi connectivity index (χ1n) is 7.92. The Morgan fingerprint density at radius 1 is 1.20 bits per heavy atom. The minimum absolute atomic E-state index is 0.180. The van der Waals surface area contributed by atoms with Crippen LogP contribution in [-0.2, 0) is 9.47 Å². The summed E-state index contributed by atoms with van der Waals surface area (Å²) in [6.45, 7) is 8.09. The fourth-order valence-corrected chi connectivity index (χ4v) is 4.00. The van der Waals surface area contributed by atoms with Crippen molar-refractivity contribution >= 4 is 0 Å². The van der Waals surface area contributed by atoms with Gasteiger partial charge in [-0.05, 0) is 38.3 Å². The summed E-state index contributed by atoms with van der Waals surface area (Å²) in [4.78, 5) is 5.19. The lowest BCUT2D eigenvalue weighted by Gasteiger charge is -2.50. The summed E-state index contributed by atoms with van der Waals surface area (Å²) < 4.78 is 10.5. The van der Waals surface area contributed by atoms with Gasteiger partial charge in [0.2, 0.25) is 0 Å². The molecule has 2 bridgehead atoms. The third kappa shape index (κ3) is 3.34. The first-order chi connectivity index (χ1) is 9.76. The Morgan fingerprint density at radius 3 is 2.70 bits per heavy atom. The summed E-state index contributed by atoms with van der Waals surface area (Å²) in [6.07, 6.45) is 3.56. The minimum Gasteiger partial charge on any atom is -0.385 e. The Labute approximate surface area is 123 Å². The van der Waals surface area contributed by atoms with Gasteiger partial charge in [-0.15, -0.1) is 0 Å². The van der Waals surface area contributed by atoms with Gasteiger partial charge in [0.1, 0.15) is 0 Å². The molecule has 0 aliphatic carbocycles. The van der Waals surface area contributed by atoms with Crippen LogP contribution in [0.5, 0.6) is 0 Å². The van der Waals surface area contributed by atoms with E-state index in [1.54, 1.807) is 14.2 Å². The highest BCUT2D eigenvalue weighted by Gasteiger charge is 2.48. The zero-order valence-corrected chi connectivity index (χ0v) is 13.1. The molecule has 2 aliphatic rings. The van der Waals surface area contributed by atoms with Crippen LogP contribution in [0.2, 0.25) is 0 Å². The van der Waals surface area contributed by atoms with E-state index in [0.29, 0.717) is 0 Å².